The van der Waals surface area contributed by atoms with Crippen LogP contribution in [0.5, 0.6) is 0 Å². The van der Waals surface area contributed by atoms with E-state index in [1.165, 1.54) is 0 Å². The summed E-state index contributed by atoms with van der Waals surface area (Å²) in [6.07, 6.45) is 0. The lowest BCUT2D eigenvalue weighted by atomic mass is 10.1. The maximum atomic E-state index is 11.5. The third-order valence-electron chi connectivity index (χ3n) is 2.27. The molecule has 0 spiro atoms. The molecule has 0 N–H and O–H groups in total. The molecule has 2 atom stereocenters. The molecule has 2 unspecified atom stereocenters. The van der Waals surface area contributed by atoms with Crippen molar-refractivity contribution < 1.29 is 14.3 Å². The van der Waals surface area contributed by atoms with Gasteiger partial charge >= 0.3 is 5.97 Å². The van der Waals surface area contributed by atoms with E-state index < -0.39 is 12.0 Å². The maximum absolute atomic E-state index is 11.5. The topological polar surface area (TPSA) is 46.6 Å². The Kier molecular flexibility index (Phi) is 3.03. The first-order valence-corrected chi connectivity index (χ1v) is 4.48. The van der Waals surface area contributed by atoms with Gasteiger partial charge in [-0.25, -0.2) is 4.79 Å². The summed E-state index contributed by atoms with van der Waals surface area (Å²) in [6.45, 7) is 4.53. The molecule has 0 aromatic heterocycles. The van der Waals surface area contributed by atoms with Gasteiger partial charge in [0.05, 0.1) is 6.61 Å². The van der Waals surface area contributed by atoms with Crippen molar-refractivity contribution in [2.24, 2.45) is 5.92 Å². The van der Waals surface area contributed by atoms with Crippen molar-refractivity contribution in [2.45, 2.75) is 19.9 Å². The van der Waals surface area contributed by atoms with Crippen molar-refractivity contribution >= 4 is 11.8 Å². The van der Waals surface area contributed by atoms with Gasteiger partial charge in [-0.05, 0) is 14.0 Å². The fourth-order valence-corrected chi connectivity index (χ4v) is 1.63. The van der Waals surface area contributed by atoms with Gasteiger partial charge in [-0.1, -0.05) is 6.92 Å². The van der Waals surface area contributed by atoms with Crippen molar-refractivity contribution in [1.29, 1.82) is 0 Å². The molecule has 0 aromatic rings. The Labute approximate surface area is 77.8 Å². The first kappa shape index (κ1) is 10.2. The smallest absolute Gasteiger partial charge is 0.331 e. The van der Waals surface area contributed by atoms with Crippen LogP contribution in [0.3, 0.4) is 0 Å². The number of likely N-dealkylation sites (tertiary alicyclic amines) is 1. The highest BCUT2D eigenvalue weighted by Crippen LogP contribution is 2.18. The zero-order valence-electron chi connectivity index (χ0n) is 8.24. The molecule has 13 heavy (non-hydrogen) atoms. The van der Waals surface area contributed by atoms with Crippen LogP contribution in [-0.4, -0.2) is 42.9 Å². The van der Waals surface area contributed by atoms with Gasteiger partial charge in [-0.3, -0.25) is 9.69 Å². The number of nitrogens with zero attached hydrogens (tertiary/aromatic N) is 1. The fourth-order valence-electron chi connectivity index (χ4n) is 1.63. The number of ether oxygens (including phenoxy) is 1. The Hall–Kier alpha value is -0.900. The Bertz CT molecular complexity index is 227. The molecule has 0 radical (unpaired) electrons. The molecule has 0 saturated carbocycles. The summed E-state index contributed by atoms with van der Waals surface area (Å²) < 4.78 is 4.81. The zero-order valence-corrected chi connectivity index (χ0v) is 8.24. The Morgan fingerprint density at radius 3 is 2.69 bits per heavy atom. The lowest BCUT2D eigenvalue weighted by molar-refractivity contribution is -0.150. The minimum atomic E-state index is -0.671. The molecule has 1 rings (SSSR count). The average Bonchev–Trinajstić information content (AvgIpc) is 2.27. The van der Waals surface area contributed by atoms with Crippen LogP contribution in [-0.2, 0) is 14.3 Å². The van der Waals surface area contributed by atoms with Crippen LogP contribution in [0.15, 0.2) is 0 Å². The van der Waals surface area contributed by atoms with Gasteiger partial charge in [0.25, 0.3) is 0 Å². The van der Waals surface area contributed by atoms with E-state index in [0.717, 1.165) is 0 Å². The molecule has 4 nitrogen and oxygen atoms in total. The number of Topliss-reactive ketones (excluding diaryl/α,β-unsaturated/α-hetero) is 1. The summed E-state index contributed by atoms with van der Waals surface area (Å²) in [5.41, 5.74) is 0. The van der Waals surface area contributed by atoms with Crippen molar-refractivity contribution in [2.75, 3.05) is 20.2 Å². The van der Waals surface area contributed by atoms with Crippen molar-refractivity contribution in [1.82, 2.24) is 4.90 Å². The molecule has 0 bridgehead atoms. The summed E-state index contributed by atoms with van der Waals surface area (Å²) in [5, 5.41) is 0. The van der Waals surface area contributed by atoms with E-state index in [9.17, 15) is 9.59 Å². The van der Waals surface area contributed by atoms with Crippen LogP contribution < -0.4 is 0 Å². The van der Waals surface area contributed by atoms with E-state index in [-0.39, 0.29) is 11.7 Å². The highest BCUT2D eigenvalue weighted by molar-refractivity contribution is 6.05. The van der Waals surface area contributed by atoms with Gasteiger partial charge in [-0.2, -0.15) is 0 Å². The second kappa shape index (κ2) is 3.87. The fraction of sp³-hybridized carbons (Fsp3) is 0.778. The van der Waals surface area contributed by atoms with E-state index >= 15 is 0 Å². The monoisotopic (exact) mass is 185 g/mol. The van der Waals surface area contributed by atoms with Crippen molar-refractivity contribution in [3.63, 3.8) is 0 Å². The van der Waals surface area contributed by atoms with E-state index in [2.05, 4.69) is 0 Å². The van der Waals surface area contributed by atoms with Crippen molar-refractivity contribution in [3.8, 4) is 0 Å². The molecule has 74 valence electrons. The van der Waals surface area contributed by atoms with Crippen LogP contribution in [0.2, 0.25) is 0 Å². The van der Waals surface area contributed by atoms with Gasteiger partial charge in [0.15, 0.2) is 11.8 Å². The van der Waals surface area contributed by atoms with Crippen LogP contribution in [0.25, 0.3) is 0 Å². The average molecular weight is 185 g/mol. The summed E-state index contributed by atoms with van der Waals surface area (Å²) in [4.78, 5) is 24.6. The van der Waals surface area contributed by atoms with Gasteiger partial charge in [0.2, 0.25) is 0 Å². The van der Waals surface area contributed by atoms with E-state index in [1.54, 1.807) is 18.9 Å². The first-order valence-electron chi connectivity index (χ1n) is 4.48. The second-order valence-corrected chi connectivity index (χ2v) is 3.40. The number of rotatable bonds is 2. The summed E-state index contributed by atoms with van der Waals surface area (Å²) in [7, 11) is 1.77. The van der Waals surface area contributed by atoms with E-state index in [4.69, 9.17) is 4.74 Å². The molecule has 1 fully saturated rings. The summed E-state index contributed by atoms with van der Waals surface area (Å²) in [6, 6.07) is -0.671. The lowest BCUT2D eigenvalue weighted by Gasteiger charge is -2.15. The van der Waals surface area contributed by atoms with Crippen LogP contribution in [0.4, 0.5) is 0 Å². The number of esters is 1. The molecule has 1 saturated heterocycles. The van der Waals surface area contributed by atoms with Crippen LogP contribution >= 0.6 is 0 Å². The third kappa shape index (κ3) is 1.88. The predicted molar refractivity (Wildman–Crippen MR) is 47.2 cm³/mol. The molecule has 1 aliphatic heterocycles. The van der Waals surface area contributed by atoms with Gasteiger partial charge in [0, 0.05) is 12.5 Å². The summed E-state index contributed by atoms with van der Waals surface area (Å²) in [5.74, 6) is -0.500. The number of carbonyl (C=O) groups is 2. The predicted octanol–water partition coefficient (Wildman–Crippen LogP) is 0.0687. The molecule has 1 aliphatic rings. The quantitative estimate of drug-likeness (QED) is 0.451. The Morgan fingerprint density at radius 1 is 1.69 bits per heavy atom. The highest BCUT2D eigenvalue weighted by Gasteiger charge is 2.41. The standard InChI is InChI=1S/C9H15NO3/c1-4-13-9(12)7-8(11)6(2)5-10(7)3/h6-7H,4-5H2,1-3H3. The van der Waals surface area contributed by atoms with Gasteiger partial charge in [-0.15, -0.1) is 0 Å². The molecule has 0 aromatic carbocycles. The highest BCUT2D eigenvalue weighted by atomic mass is 16.5. The first-order chi connectivity index (χ1) is 6.07. The number of hydrogen-bond donors (Lipinski definition) is 0. The largest absolute Gasteiger partial charge is 0.464 e. The molecule has 0 aliphatic carbocycles. The van der Waals surface area contributed by atoms with Gasteiger partial charge in [0.1, 0.15) is 0 Å². The van der Waals surface area contributed by atoms with Crippen molar-refractivity contribution in [3.05, 3.63) is 0 Å². The second-order valence-electron chi connectivity index (χ2n) is 3.40. The molecular weight excluding hydrogens is 170 g/mol. The minimum Gasteiger partial charge on any atom is -0.464 e. The minimum absolute atomic E-state index is 0.0269. The molecule has 1 heterocycles. The normalized spacial score (nSPS) is 29.3. The third-order valence-corrected chi connectivity index (χ3v) is 2.27. The lowest BCUT2D eigenvalue weighted by Crippen LogP contribution is -2.39. The van der Waals surface area contributed by atoms with E-state index in [0.29, 0.717) is 13.2 Å². The number of likely N-dealkylation sites (N-methyl/N-ethyl adjacent to an activating group) is 1. The Morgan fingerprint density at radius 2 is 2.31 bits per heavy atom. The number of carbonyl (C=O) groups excluding carboxylic acids is 2. The maximum Gasteiger partial charge on any atom is 0.331 e. The van der Waals surface area contributed by atoms with E-state index in [1.807, 2.05) is 6.92 Å². The molecule has 4 heteroatoms. The SMILES string of the molecule is CCOC(=O)C1C(=O)C(C)CN1C. The van der Waals surface area contributed by atoms with Crippen LogP contribution in [0.1, 0.15) is 13.8 Å². The zero-order chi connectivity index (χ0) is 10.0. The molecular formula is C9H15NO3. The molecule has 0 amide bonds. The number of ketones is 1. The summed E-state index contributed by atoms with van der Waals surface area (Å²) >= 11 is 0. The number of hydrogen-bond acceptors (Lipinski definition) is 4. The van der Waals surface area contributed by atoms with Gasteiger partial charge < -0.3 is 4.74 Å². The Balaban J connectivity index is 2.68. The van der Waals surface area contributed by atoms with Crippen LogP contribution in [0, 0.1) is 5.92 Å².